The molecule has 10 aromatic rings. The highest BCUT2D eigenvalue weighted by molar-refractivity contribution is 7.25. The van der Waals surface area contributed by atoms with Crippen LogP contribution in [0.5, 0.6) is 0 Å². The zero-order valence-corrected chi connectivity index (χ0v) is 30.5. The van der Waals surface area contributed by atoms with Crippen molar-refractivity contribution in [1.82, 2.24) is 0 Å². The predicted octanol–water partition coefficient (Wildman–Crippen LogP) is 14.7. The highest BCUT2D eigenvalue weighted by Gasteiger charge is 2.22. The highest BCUT2D eigenvalue weighted by Crippen LogP contribution is 2.44. The zero-order valence-electron chi connectivity index (χ0n) is 29.7. The van der Waals surface area contributed by atoms with Crippen LogP contribution in [-0.2, 0) is 12.8 Å². The maximum absolute atomic E-state index is 6.88. The summed E-state index contributed by atoms with van der Waals surface area (Å²) in [6.07, 6.45) is 1.77. The molecule has 0 aliphatic carbocycles. The molecule has 1 atom stereocenters. The van der Waals surface area contributed by atoms with Crippen LogP contribution in [0.2, 0.25) is 0 Å². The number of benzene rings is 8. The van der Waals surface area contributed by atoms with E-state index in [4.69, 9.17) is 4.42 Å². The molecule has 0 radical (unpaired) electrons. The van der Waals surface area contributed by atoms with Gasteiger partial charge in [0.05, 0.1) is 11.1 Å². The van der Waals surface area contributed by atoms with Crippen molar-refractivity contribution in [2.24, 2.45) is 0 Å². The number of rotatable bonds is 9. The minimum atomic E-state index is 0.241. The fourth-order valence-corrected chi connectivity index (χ4v) is 9.32. The second-order valence-electron chi connectivity index (χ2n) is 14.1. The van der Waals surface area contributed by atoms with Crippen molar-refractivity contribution in [2.75, 3.05) is 4.90 Å². The first-order chi connectivity index (χ1) is 26.8. The number of hydrogen-bond donors (Lipinski definition) is 0. The monoisotopic (exact) mass is 711 g/mol. The third-order valence-corrected chi connectivity index (χ3v) is 11.9. The Morgan fingerprint density at radius 2 is 1.11 bits per heavy atom. The second-order valence-corrected chi connectivity index (χ2v) is 15.2. The van der Waals surface area contributed by atoms with Crippen molar-refractivity contribution >= 4 is 70.5 Å². The molecule has 2 nitrogen and oxygen atoms in total. The van der Waals surface area contributed by atoms with Crippen molar-refractivity contribution in [3.63, 3.8) is 0 Å². The average Bonchev–Trinajstić information content (AvgIpc) is 3.81. The molecule has 258 valence electrons. The molecule has 3 heteroatoms. The van der Waals surface area contributed by atoms with Gasteiger partial charge in [0.15, 0.2) is 0 Å². The van der Waals surface area contributed by atoms with Gasteiger partial charge in [0.1, 0.15) is 11.2 Å². The van der Waals surface area contributed by atoms with Gasteiger partial charge in [-0.15, -0.1) is 11.3 Å². The van der Waals surface area contributed by atoms with Crippen molar-refractivity contribution < 1.29 is 4.42 Å². The number of hydrogen-bond acceptors (Lipinski definition) is 3. The number of anilines is 3. The quantitative estimate of drug-likeness (QED) is 0.148. The first kappa shape index (κ1) is 32.2. The lowest BCUT2D eigenvalue weighted by molar-refractivity contribution is 0.641. The van der Waals surface area contributed by atoms with E-state index in [0.29, 0.717) is 0 Å². The fourth-order valence-electron chi connectivity index (χ4n) is 8.15. The van der Waals surface area contributed by atoms with E-state index < -0.39 is 0 Å². The largest absolute Gasteiger partial charge is 0.456 e. The Balaban J connectivity index is 1.08. The lowest BCUT2D eigenvalue weighted by atomic mass is 9.85. The molecule has 0 aliphatic rings. The van der Waals surface area contributed by atoms with E-state index >= 15 is 0 Å². The van der Waals surface area contributed by atoms with Crippen molar-refractivity contribution in [2.45, 2.75) is 18.8 Å². The van der Waals surface area contributed by atoms with Crippen molar-refractivity contribution in [3.05, 3.63) is 211 Å². The van der Waals surface area contributed by atoms with Crippen molar-refractivity contribution in [1.29, 1.82) is 0 Å². The van der Waals surface area contributed by atoms with Gasteiger partial charge in [-0.05, 0) is 95.1 Å². The molecule has 0 saturated heterocycles. The standard InChI is InChI=1S/C51H37NOS/c1-4-14-36(15-5-1)37-27-29-38(30-28-37)40(32-35-26-31-44-43-21-10-11-25-48(43)54-49(44)33-35)34-39-16-12-22-45-50-46(23-13-24-47(50)53-51(39)45)52(41-17-6-2-7-18-41)42-19-8-3-9-20-42/h1-31,33,40H,32,34H2/t40-/m1/s1. The van der Waals surface area contributed by atoms with E-state index in [1.54, 1.807) is 0 Å². The van der Waals surface area contributed by atoms with Gasteiger partial charge in [0, 0.05) is 36.9 Å². The third kappa shape index (κ3) is 5.93. The molecule has 54 heavy (non-hydrogen) atoms. The Hall–Kier alpha value is -6.42. The Bertz CT molecular complexity index is 2830. The molecular formula is C51H37NOS. The maximum atomic E-state index is 6.88. The molecule has 0 fully saturated rings. The van der Waals surface area contributed by atoms with E-state index in [1.807, 2.05) is 11.3 Å². The van der Waals surface area contributed by atoms with Crippen LogP contribution in [0.15, 0.2) is 199 Å². The Morgan fingerprint density at radius 1 is 0.481 bits per heavy atom. The summed E-state index contributed by atoms with van der Waals surface area (Å²) in [6, 6.07) is 70.0. The van der Waals surface area contributed by atoms with E-state index in [2.05, 4.69) is 199 Å². The van der Waals surface area contributed by atoms with Crippen LogP contribution in [0, 0.1) is 0 Å². The summed E-state index contributed by atoms with van der Waals surface area (Å²) in [5, 5.41) is 4.94. The van der Waals surface area contributed by atoms with Gasteiger partial charge in [0.2, 0.25) is 0 Å². The van der Waals surface area contributed by atoms with Crippen LogP contribution in [0.25, 0.3) is 53.2 Å². The summed E-state index contributed by atoms with van der Waals surface area (Å²) in [7, 11) is 0. The topological polar surface area (TPSA) is 16.4 Å². The molecule has 2 aromatic heterocycles. The molecule has 8 aromatic carbocycles. The molecule has 10 rings (SSSR count). The number of nitrogens with zero attached hydrogens (tertiary/aromatic N) is 1. The molecule has 0 amide bonds. The van der Waals surface area contributed by atoms with Crippen LogP contribution in [0.4, 0.5) is 17.1 Å². The van der Waals surface area contributed by atoms with Crippen LogP contribution in [0.3, 0.4) is 0 Å². The van der Waals surface area contributed by atoms with E-state index in [9.17, 15) is 0 Å². The summed E-state index contributed by atoms with van der Waals surface area (Å²) in [4.78, 5) is 2.34. The molecule has 0 bridgehead atoms. The minimum Gasteiger partial charge on any atom is -0.456 e. The molecule has 0 unspecified atom stereocenters. The van der Waals surface area contributed by atoms with Crippen molar-refractivity contribution in [3.8, 4) is 11.1 Å². The SMILES string of the molecule is c1ccc(-c2ccc([C@H](Cc3ccc4c(c3)sc3ccccc34)Cc3cccc4c3oc3cccc(N(c5ccccc5)c5ccccc5)c34)cc2)cc1. The second kappa shape index (κ2) is 13.9. The van der Waals surface area contributed by atoms with Gasteiger partial charge in [-0.2, -0.15) is 0 Å². The third-order valence-electron chi connectivity index (χ3n) is 10.7. The maximum Gasteiger partial charge on any atom is 0.138 e. The van der Waals surface area contributed by atoms with E-state index in [-0.39, 0.29) is 5.92 Å². The average molecular weight is 712 g/mol. The molecule has 2 heterocycles. The Kier molecular flexibility index (Phi) is 8.27. The first-order valence-electron chi connectivity index (χ1n) is 18.7. The minimum absolute atomic E-state index is 0.241. The summed E-state index contributed by atoms with van der Waals surface area (Å²) in [5.41, 5.74) is 11.6. The zero-order chi connectivity index (χ0) is 35.8. The van der Waals surface area contributed by atoms with Gasteiger partial charge in [0.25, 0.3) is 0 Å². The predicted molar refractivity (Wildman–Crippen MR) is 230 cm³/mol. The smallest absolute Gasteiger partial charge is 0.138 e. The van der Waals surface area contributed by atoms with Gasteiger partial charge >= 0.3 is 0 Å². The number of fused-ring (bicyclic) bond motifs is 6. The van der Waals surface area contributed by atoms with Crippen LogP contribution >= 0.6 is 11.3 Å². The fraction of sp³-hybridized carbons (Fsp3) is 0.0588. The molecular weight excluding hydrogens is 675 g/mol. The number of thiophene rings is 1. The molecule has 0 N–H and O–H groups in total. The normalized spacial score (nSPS) is 12.1. The van der Waals surface area contributed by atoms with Gasteiger partial charge in [-0.3, -0.25) is 0 Å². The lowest BCUT2D eigenvalue weighted by Crippen LogP contribution is -2.10. The van der Waals surface area contributed by atoms with Crippen LogP contribution in [0.1, 0.15) is 22.6 Å². The number of furan rings is 1. The van der Waals surface area contributed by atoms with Gasteiger partial charge in [-0.25, -0.2) is 0 Å². The lowest BCUT2D eigenvalue weighted by Gasteiger charge is -2.26. The first-order valence-corrected chi connectivity index (χ1v) is 19.5. The van der Waals surface area contributed by atoms with Gasteiger partial charge in [-0.1, -0.05) is 146 Å². The Morgan fingerprint density at radius 3 is 1.87 bits per heavy atom. The summed E-state index contributed by atoms with van der Waals surface area (Å²) < 4.78 is 9.56. The summed E-state index contributed by atoms with van der Waals surface area (Å²) in [6.45, 7) is 0. The summed E-state index contributed by atoms with van der Waals surface area (Å²) >= 11 is 1.89. The van der Waals surface area contributed by atoms with E-state index in [0.717, 1.165) is 51.8 Å². The molecule has 0 saturated carbocycles. The molecule has 0 aliphatic heterocycles. The van der Waals surface area contributed by atoms with Crippen LogP contribution < -0.4 is 4.90 Å². The number of para-hydroxylation sites is 3. The van der Waals surface area contributed by atoms with Gasteiger partial charge < -0.3 is 9.32 Å². The Labute approximate surface area is 319 Å². The summed E-state index contributed by atoms with van der Waals surface area (Å²) in [5.74, 6) is 0.241. The van der Waals surface area contributed by atoms with Crippen LogP contribution in [-0.4, -0.2) is 0 Å². The highest BCUT2D eigenvalue weighted by atomic mass is 32.1. The molecule has 0 spiro atoms. The van der Waals surface area contributed by atoms with E-state index in [1.165, 1.54) is 48.0 Å².